The van der Waals surface area contributed by atoms with Crippen molar-refractivity contribution in [2.45, 2.75) is 50.1 Å². The number of hydrogen-bond donors (Lipinski definition) is 3. The number of nitrogens with zero attached hydrogens (tertiary/aromatic N) is 2. The van der Waals surface area contributed by atoms with E-state index < -0.39 is 12.2 Å². The zero-order valence-corrected chi connectivity index (χ0v) is 21.0. The molecule has 3 N–H and O–H groups in total. The molecule has 0 unspecified atom stereocenters. The van der Waals surface area contributed by atoms with Crippen molar-refractivity contribution >= 4 is 17.5 Å². The summed E-state index contributed by atoms with van der Waals surface area (Å²) in [4.78, 5) is 16.8. The minimum Gasteiger partial charge on any atom is -0.508 e. The molecule has 0 aromatic heterocycles. The van der Waals surface area contributed by atoms with Crippen LogP contribution in [0.2, 0.25) is 5.02 Å². The van der Waals surface area contributed by atoms with Gasteiger partial charge in [0.15, 0.2) is 0 Å². The summed E-state index contributed by atoms with van der Waals surface area (Å²) in [5.74, 6) is -0.0433. The Morgan fingerprint density at radius 2 is 2.00 bits per heavy atom. The van der Waals surface area contributed by atoms with Gasteiger partial charge in [0, 0.05) is 43.8 Å². The molecule has 2 aromatic rings. The summed E-state index contributed by atoms with van der Waals surface area (Å²) < 4.78 is 12.0. The number of carbonyl (C=O) groups excluding carboxylic acids is 1. The predicted molar refractivity (Wildman–Crippen MR) is 134 cm³/mol. The predicted octanol–water partition coefficient (Wildman–Crippen LogP) is 2.90. The molecule has 3 aliphatic heterocycles. The largest absolute Gasteiger partial charge is 0.508 e. The minimum atomic E-state index is -0.767. The first-order chi connectivity index (χ1) is 17.3. The van der Waals surface area contributed by atoms with Crippen molar-refractivity contribution in [3.05, 3.63) is 58.1 Å². The standard InChI is InChI=1S/C27H33ClN2O6/c28-19-3-6-24-18(12-19)16-36-27(24)7-10-29(11-8-27)14-22(33)17-35-25-13-20(31)4-5-23(25)26(34)30-9-1-2-21(32)15-30/h3-6,12-13,21-22,31-33H,1-2,7-11,14-17H2/t21-,22+/m1/s1. The molecule has 3 aliphatic rings. The summed E-state index contributed by atoms with van der Waals surface area (Å²) in [6.07, 6.45) is 1.79. The smallest absolute Gasteiger partial charge is 0.257 e. The van der Waals surface area contributed by atoms with Crippen LogP contribution in [0, 0.1) is 0 Å². The van der Waals surface area contributed by atoms with Gasteiger partial charge in [0.2, 0.25) is 0 Å². The average Bonchev–Trinajstić information content (AvgIpc) is 3.21. The van der Waals surface area contributed by atoms with Gasteiger partial charge in [0.1, 0.15) is 24.2 Å². The molecule has 0 bridgehead atoms. The number of fused-ring (bicyclic) bond motifs is 2. The van der Waals surface area contributed by atoms with E-state index in [9.17, 15) is 20.1 Å². The molecule has 0 radical (unpaired) electrons. The summed E-state index contributed by atoms with van der Waals surface area (Å²) >= 11 is 6.14. The maximum Gasteiger partial charge on any atom is 0.257 e. The van der Waals surface area contributed by atoms with Gasteiger partial charge < -0.3 is 34.6 Å². The molecule has 1 spiro atoms. The maximum absolute atomic E-state index is 13.0. The number of phenolic OH excluding ortho intramolecular Hbond substituents is 1. The Balaban J connectivity index is 1.16. The first-order valence-corrected chi connectivity index (χ1v) is 13.0. The summed E-state index contributed by atoms with van der Waals surface area (Å²) in [5, 5.41) is 31.3. The number of aromatic hydroxyl groups is 1. The molecule has 2 fully saturated rings. The molecular weight excluding hydrogens is 484 g/mol. The Bertz CT molecular complexity index is 1100. The zero-order chi connectivity index (χ0) is 25.3. The van der Waals surface area contributed by atoms with Crippen molar-refractivity contribution in [1.29, 1.82) is 0 Å². The van der Waals surface area contributed by atoms with Gasteiger partial charge >= 0.3 is 0 Å². The number of rotatable bonds is 6. The van der Waals surface area contributed by atoms with Gasteiger partial charge in [-0.05, 0) is 61.1 Å². The van der Waals surface area contributed by atoms with E-state index in [2.05, 4.69) is 11.0 Å². The van der Waals surface area contributed by atoms with E-state index in [1.807, 2.05) is 12.1 Å². The molecule has 2 atom stereocenters. The van der Waals surface area contributed by atoms with Crippen molar-refractivity contribution < 1.29 is 29.6 Å². The molecule has 5 rings (SSSR count). The Morgan fingerprint density at radius 1 is 1.19 bits per heavy atom. The van der Waals surface area contributed by atoms with Crippen molar-refractivity contribution in [2.75, 3.05) is 39.3 Å². The fraction of sp³-hybridized carbons (Fsp3) is 0.519. The number of aliphatic hydroxyl groups excluding tert-OH is 2. The van der Waals surface area contributed by atoms with Gasteiger partial charge in [-0.2, -0.15) is 0 Å². The Hall–Kier alpha value is -2.36. The number of carbonyl (C=O) groups is 1. The van der Waals surface area contributed by atoms with Crippen LogP contribution in [0.5, 0.6) is 11.5 Å². The highest BCUT2D eigenvalue weighted by Gasteiger charge is 2.42. The lowest BCUT2D eigenvalue weighted by Gasteiger charge is -2.39. The van der Waals surface area contributed by atoms with Gasteiger partial charge in [-0.25, -0.2) is 0 Å². The van der Waals surface area contributed by atoms with E-state index in [0.29, 0.717) is 31.7 Å². The number of phenols is 1. The van der Waals surface area contributed by atoms with Crippen LogP contribution in [0.4, 0.5) is 0 Å². The first kappa shape index (κ1) is 25.3. The van der Waals surface area contributed by atoms with E-state index in [1.54, 1.807) is 4.90 Å². The van der Waals surface area contributed by atoms with Crippen molar-refractivity contribution in [3.63, 3.8) is 0 Å². The van der Waals surface area contributed by atoms with E-state index in [-0.39, 0.29) is 36.2 Å². The highest BCUT2D eigenvalue weighted by molar-refractivity contribution is 6.30. The van der Waals surface area contributed by atoms with Crippen LogP contribution < -0.4 is 4.74 Å². The average molecular weight is 517 g/mol. The van der Waals surface area contributed by atoms with Crippen LogP contribution in [0.1, 0.15) is 47.2 Å². The van der Waals surface area contributed by atoms with Crippen LogP contribution in [-0.4, -0.2) is 82.6 Å². The van der Waals surface area contributed by atoms with E-state index in [0.717, 1.165) is 42.9 Å². The lowest BCUT2D eigenvalue weighted by atomic mass is 9.84. The molecule has 0 saturated carbocycles. The fourth-order valence-corrected chi connectivity index (χ4v) is 5.78. The monoisotopic (exact) mass is 516 g/mol. The minimum absolute atomic E-state index is 0.00810. The molecule has 0 aliphatic carbocycles. The van der Waals surface area contributed by atoms with E-state index >= 15 is 0 Å². The molecule has 2 saturated heterocycles. The number of amides is 1. The molecule has 194 valence electrons. The van der Waals surface area contributed by atoms with Crippen LogP contribution in [-0.2, 0) is 16.9 Å². The Morgan fingerprint density at radius 3 is 2.78 bits per heavy atom. The van der Waals surface area contributed by atoms with Crippen LogP contribution >= 0.6 is 11.6 Å². The van der Waals surface area contributed by atoms with Gasteiger partial charge in [-0.15, -0.1) is 0 Å². The summed E-state index contributed by atoms with van der Waals surface area (Å²) in [7, 11) is 0. The number of β-amino-alcohol motifs (C(OH)–C–C–N with tert-alkyl or cyclic N) is 2. The summed E-state index contributed by atoms with van der Waals surface area (Å²) in [6, 6.07) is 10.3. The van der Waals surface area contributed by atoms with Crippen molar-refractivity contribution in [3.8, 4) is 11.5 Å². The highest BCUT2D eigenvalue weighted by Crippen LogP contribution is 2.44. The highest BCUT2D eigenvalue weighted by atomic mass is 35.5. The number of benzene rings is 2. The molecule has 36 heavy (non-hydrogen) atoms. The van der Waals surface area contributed by atoms with E-state index in [4.69, 9.17) is 21.1 Å². The normalized spacial score (nSPS) is 22.4. The van der Waals surface area contributed by atoms with Crippen molar-refractivity contribution in [2.24, 2.45) is 0 Å². The van der Waals surface area contributed by atoms with Gasteiger partial charge in [-0.1, -0.05) is 17.7 Å². The third kappa shape index (κ3) is 5.33. The lowest BCUT2D eigenvalue weighted by molar-refractivity contribution is -0.0835. The van der Waals surface area contributed by atoms with Crippen LogP contribution in [0.25, 0.3) is 0 Å². The second-order valence-corrected chi connectivity index (χ2v) is 10.5. The second-order valence-electron chi connectivity index (χ2n) is 10.1. The number of ether oxygens (including phenoxy) is 2. The molecule has 1 amide bonds. The van der Waals surface area contributed by atoms with Crippen LogP contribution in [0.15, 0.2) is 36.4 Å². The number of likely N-dealkylation sites (tertiary alicyclic amines) is 2. The molecule has 2 aromatic carbocycles. The lowest BCUT2D eigenvalue weighted by Crippen LogP contribution is -2.46. The number of hydrogen-bond acceptors (Lipinski definition) is 7. The molecule has 3 heterocycles. The molecule has 8 nitrogen and oxygen atoms in total. The topological polar surface area (TPSA) is 103 Å². The Labute approximate surface area is 216 Å². The van der Waals surface area contributed by atoms with Gasteiger partial charge in [0.05, 0.1) is 23.9 Å². The fourth-order valence-electron chi connectivity index (χ4n) is 5.58. The SMILES string of the molecule is O=C(c1ccc(O)cc1OC[C@@H](O)CN1CCC2(CC1)OCc1cc(Cl)ccc12)N1CCC[C@@H](O)C1. The zero-order valence-electron chi connectivity index (χ0n) is 20.2. The molecular formula is C27H33ClN2O6. The molecule has 9 heteroatoms. The third-order valence-corrected chi connectivity index (χ3v) is 7.74. The van der Waals surface area contributed by atoms with Crippen molar-refractivity contribution in [1.82, 2.24) is 9.80 Å². The second kappa shape index (κ2) is 10.6. The number of halogens is 1. The van der Waals surface area contributed by atoms with Crippen LogP contribution in [0.3, 0.4) is 0 Å². The first-order valence-electron chi connectivity index (χ1n) is 12.6. The quantitative estimate of drug-likeness (QED) is 0.542. The number of aliphatic hydroxyl groups is 2. The number of piperidine rings is 2. The third-order valence-electron chi connectivity index (χ3n) is 7.51. The van der Waals surface area contributed by atoms with Gasteiger partial charge in [0.25, 0.3) is 5.91 Å². The maximum atomic E-state index is 13.0. The Kier molecular flexibility index (Phi) is 7.42. The summed E-state index contributed by atoms with van der Waals surface area (Å²) in [6.45, 7) is 3.41. The summed E-state index contributed by atoms with van der Waals surface area (Å²) in [5.41, 5.74) is 2.40. The van der Waals surface area contributed by atoms with E-state index in [1.165, 1.54) is 23.8 Å². The van der Waals surface area contributed by atoms with Gasteiger partial charge in [-0.3, -0.25) is 4.79 Å².